The number of H-pyrrole nitrogens is 1. The normalized spacial score (nSPS) is 20.0. The first-order chi connectivity index (χ1) is 16.9. The van der Waals surface area contributed by atoms with Crippen molar-refractivity contribution in [3.8, 4) is 17.0 Å². The molecule has 1 aliphatic heterocycles. The number of aromatic amines is 1. The van der Waals surface area contributed by atoms with Gasteiger partial charge in [0.05, 0.1) is 20.5 Å². The van der Waals surface area contributed by atoms with E-state index in [9.17, 15) is 22.0 Å². The highest BCUT2D eigenvalue weighted by molar-refractivity contribution is 5.89. The van der Waals surface area contributed by atoms with Gasteiger partial charge in [0.15, 0.2) is 0 Å². The Hall–Kier alpha value is -3.55. The van der Waals surface area contributed by atoms with Crippen LogP contribution in [0.2, 0.25) is 0 Å². The number of fused-ring (bicyclic) bond motifs is 2. The maximum atomic E-state index is 14.5. The zero-order chi connectivity index (χ0) is 25.8. The molecule has 4 heterocycles. The van der Waals surface area contributed by atoms with E-state index in [0.29, 0.717) is 23.2 Å². The molecule has 1 atom stereocenters. The van der Waals surface area contributed by atoms with E-state index in [-0.39, 0.29) is 35.1 Å². The van der Waals surface area contributed by atoms with Crippen LogP contribution in [-0.2, 0) is 6.54 Å². The van der Waals surface area contributed by atoms with E-state index in [1.165, 1.54) is 34.7 Å². The summed E-state index contributed by atoms with van der Waals surface area (Å²) in [5.74, 6) is -3.04. The molecule has 0 radical (unpaired) electrons. The molecule has 0 spiro atoms. The number of hydrogen-bond donors (Lipinski definition) is 1. The Kier molecular flexibility index (Phi) is 5.20. The number of nitrogens with zero attached hydrogens (tertiary/aromatic N) is 7. The molecule has 5 rings (SSSR count). The van der Waals surface area contributed by atoms with Crippen molar-refractivity contribution in [3.63, 3.8) is 0 Å². The van der Waals surface area contributed by atoms with Gasteiger partial charge in [-0.3, -0.25) is 9.61 Å². The van der Waals surface area contributed by atoms with Crippen molar-refractivity contribution in [2.24, 2.45) is 4.99 Å². The van der Waals surface area contributed by atoms with Crippen molar-refractivity contribution in [1.29, 1.82) is 0 Å². The fourth-order valence-corrected chi connectivity index (χ4v) is 4.20. The van der Waals surface area contributed by atoms with Crippen molar-refractivity contribution < 1.29 is 28.1 Å². The lowest BCUT2D eigenvalue weighted by Gasteiger charge is -2.33. The number of piperidine rings is 1. The van der Waals surface area contributed by atoms with E-state index in [1.54, 1.807) is 13.1 Å². The van der Waals surface area contributed by atoms with E-state index in [2.05, 4.69) is 25.4 Å². The summed E-state index contributed by atoms with van der Waals surface area (Å²) < 4.78 is 83.7. The molecular formula is C21H21F5N8O. The molecule has 1 aromatic carbocycles. The van der Waals surface area contributed by atoms with Crippen molar-refractivity contribution in [1.82, 2.24) is 34.5 Å². The Morgan fingerprint density at radius 2 is 2.11 bits per heavy atom. The van der Waals surface area contributed by atoms with Gasteiger partial charge in [0.25, 0.3) is 5.92 Å². The van der Waals surface area contributed by atoms with Gasteiger partial charge >= 0.3 is 6.18 Å². The fraction of sp³-hybridized carbons (Fsp3) is 0.429. The third-order valence-corrected chi connectivity index (χ3v) is 5.82. The first-order valence-corrected chi connectivity index (χ1v) is 10.6. The van der Waals surface area contributed by atoms with Gasteiger partial charge in [-0.25, -0.2) is 18.5 Å². The van der Waals surface area contributed by atoms with Crippen LogP contribution in [0.3, 0.4) is 0 Å². The van der Waals surface area contributed by atoms with Crippen molar-refractivity contribution in [3.05, 3.63) is 36.1 Å². The topological polar surface area (TPSA) is 88.6 Å². The Balaban J connectivity index is 1.62. The van der Waals surface area contributed by atoms with Gasteiger partial charge in [-0.1, -0.05) is 11.3 Å². The molecule has 14 heteroatoms. The third kappa shape index (κ3) is 4.45. The summed E-state index contributed by atoms with van der Waals surface area (Å²) in [6, 6.07) is 4.79. The highest BCUT2D eigenvalue weighted by Crippen LogP contribution is 2.32. The number of hydrogen-bond acceptors (Lipinski definition) is 6. The van der Waals surface area contributed by atoms with Crippen LogP contribution in [-0.4, -0.2) is 79.9 Å². The lowest BCUT2D eigenvalue weighted by molar-refractivity contribution is -0.142. The maximum absolute atomic E-state index is 14.5. The standard InChI is InChI=1S/C21H21F5N8O/c1-32-7-6-16(20(22,23)10-32)27-19-28-18(35-2)17-13(5-8-33(17)30-19)12-3-4-14-15(9-12)34(31-29-14)11-21(24,25)26/h3-5,8-9,16H,6-7,10-11H2,1-2H3,(H,27,30)/i8D. The fourth-order valence-electron chi connectivity index (χ4n) is 4.20. The first-order valence-electron chi connectivity index (χ1n) is 11.1. The van der Waals surface area contributed by atoms with Crippen LogP contribution < -0.4 is 10.4 Å². The summed E-state index contributed by atoms with van der Waals surface area (Å²) in [7, 11) is 2.95. The van der Waals surface area contributed by atoms with Gasteiger partial charge in [-0.2, -0.15) is 18.2 Å². The molecule has 3 aromatic heterocycles. The Morgan fingerprint density at radius 1 is 1.31 bits per heavy atom. The van der Waals surface area contributed by atoms with E-state index < -0.39 is 31.2 Å². The molecule has 9 nitrogen and oxygen atoms in total. The number of halogens is 5. The summed E-state index contributed by atoms with van der Waals surface area (Å²) in [6.07, 6.45) is -4.42. The zero-order valence-corrected chi connectivity index (χ0v) is 18.6. The lowest BCUT2D eigenvalue weighted by Crippen LogP contribution is -2.50. The highest BCUT2D eigenvalue weighted by atomic mass is 19.4. The van der Waals surface area contributed by atoms with Gasteiger partial charge in [0.2, 0.25) is 11.5 Å². The summed E-state index contributed by atoms with van der Waals surface area (Å²) >= 11 is 0. The monoisotopic (exact) mass is 497 g/mol. The SMILES string of the molecule is [2H]c1cc(-c2ccc3nnn(CC(F)(F)F)c3c2)c2c(OC)nc(=NC3CCN(C)CC3(F)F)[nH]n12. The number of nitrogens with one attached hydrogen (secondary N) is 1. The quantitative estimate of drug-likeness (QED) is 0.438. The molecule has 1 saturated heterocycles. The smallest absolute Gasteiger partial charge is 0.408 e. The third-order valence-electron chi connectivity index (χ3n) is 5.82. The van der Waals surface area contributed by atoms with Gasteiger partial charge in [-0.05, 0) is 37.2 Å². The van der Waals surface area contributed by atoms with Gasteiger partial charge in [0, 0.05) is 18.3 Å². The molecule has 1 unspecified atom stereocenters. The second kappa shape index (κ2) is 8.29. The number of aromatic nitrogens is 6. The van der Waals surface area contributed by atoms with Gasteiger partial charge in [-0.15, -0.1) is 5.10 Å². The van der Waals surface area contributed by atoms with Crippen LogP contribution in [0.5, 0.6) is 5.88 Å². The van der Waals surface area contributed by atoms with Crippen LogP contribution in [0.15, 0.2) is 35.4 Å². The first kappa shape index (κ1) is 21.9. The predicted molar refractivity (Wildman–Crippen MR) is 115 cm³/mol. The average Bonchev–Trinajstić information content (AvgIpc) is 3.34. The minimum absolute atomic E-state index is 0.0132. The second-order valence-corrected chi connectivity index (χ2v) is 8.43. The highest BCUT2D eigenvalue weighted by Gasteiger charge is 2.43. The Labute approximate surface area is 196 Å². The molecule has 0 aliphatic carbocycles. The maximum Gasteiger partial charge on any atom is 0.408 e. The van der Waals surface area contributed by atoms with Gasteiger partial charge in [0.1, 0.15) is 23.6 Å². The number of rotatable bonds is 4. The lowest BCUT2D eigenvalue weighted by atomic mass is 10.0. The number of likely N-dealkylation sites (tertiary alicyclic amines) is 1. The summed E-state index contributed by atoms with van der Waals surface area (Å²) in [5.41, 5.74) is 1.48. The zero-order valence-electron chi connectivity index (χ0n) is 19.6. The molecular weight excluding hydrogens is 475 g/mol. The van der Waals surface area contributed by atoms with E-state index in [0.717, 1.165) is 4.68 Å². The number of ether oxygens (including phenoxy) is 1. The Morgan fingerprint density at radius 3 is 2.83 bits per heavy atom. The summed E-state index contributed by atoms with van der Waals surface area (Å²) in [6.45, 7) is -1.29. The minimum Gasteiger partial charge on any atom is -0.479 e. The number of alkyl halides is 5. The van der Waals surface area contributed by atoms with Crippen LogP contribution in [0.4, 0.5) is 22.0 Å². The van der Waals surface area contributed by atoms with E-state index in [1.807, 2.05) is 0 Å². The van der Waals surface area contributed by atoms with E-state index in [4.69, 9.17) is 6.11 Å². The van der Waals surface area contributed by atoms with Crippen molar-refractivity contribution in [2.45, 2.75) is 31.1 Å². The van der Waals surface area contributed by atoms with E-state index >= 15 is 0 Å². The molecule has 0 amide bonds. The summed E-state index contributed by atoms with van der Waals surface area (Å²) in [5, 5.41) is 10.1. The molecule has 0 bridgehead atoms. The van der Waals surface area contributed by atoms with Gasteiger partial charge < -0.3 is 9.64 Å². The molecule has 186 valence electrons. The summed E-state index contributed by atoms with van der Waals surface area (Å²) in [4.78, 5) is 9.88. The average molecular weight is 497 g/mol. The predicted octanol–water partition coefficient (Wildman–Crippen LogP) is 2.89. The largest absolute Gasteiger partial charge is 0.479 e. The second-order valence-electron chi connectivity index (χ2n) is 8.43. The molecule has 1 N–H and O–H groups in total. The molecule has 0 saturated carbocycles. The molecule has 1 fully saturated rings. The molecule has 35 heavy (non-hydrogen) atoms. The van der Waals surface area contributed by atoms with Crippen LogP contribution >= 0.6 is 0 Å². The van der Waals surface area contributed by atoms with Crippen LogP contribution in [0.25, 0.3) is 27.7 Å². The van der Waals surface area contributed by atoms with Crippen LogP contribution in [0.1, 0.15) is 7.79 Å². The Bertz CT molecular complexity index is 1510. The molecule has 4 aromatic rings. The van der Waals surface area contributed by atoms with Crippen molar-refractivity contribution >= 4 is 16.6 Å². The molecule has 1 aliphatic rings. The number of benzene rings is 1. The van der Waals surface area contributed by atoms with Crippen molar-refractivity contribution in [2.75, 3.05) is 27.2 Å². The van der Waals surface area contributed by atoms with Crippen LogP contribution in [0, 0.1) is 0 Å². The minimum atomic E-state index is -4.49. The number of methoxy groups -OCH3 is 1.